The number of piperazine rings is 1. The number of rotatable bonds is 5. The van der Waals surface area contributed by atoms with Gasteiger partial charge in [0.15, 0.2) is 0 Å². The fraction of sp³-hybridized carbons (Fsp3) is 0.417. The summed E-state index contributed by atoms with van der Waals surface area (Å²) in [6.07, 6.45) is 1.94. The molecule has 0 aliphatic carbocycles. The molecule has 0 atom stereocenters. The molecule has 2 aliphatic rings. The number of hydrogen-bond acceptors (Lipinski definition) is 3. The average Bonchev–Trinajstić information content (AvgIpc) is 3.10. The Bertz CT molecular complexity index is 982. The van der Waals surface area contributed by atoms with E-state index in [0.29, 0.717) is 5.70 Å². The van der Waals surface area contributed by atoms with Crippen LogP contribution in [-0.2, 0) is 16.1 Å². The molecule has 0 spiro atoms. The van der Waals surface area contributed by atoms with E-state index in [1.54, 1.807) is 6.08 Å². The predicted octanol–water partition coefficient (Wildman–Crippen LogP) is 0.966. The van der Waals surface area contributed by atoms with Gasteiger partial charge in [-0.2, -0.15) is 0 Å². The molecule has 2 aliphatic heterocycles. The number of amides is 2. The van der Waals surface area contributed by atoms with Gasteiger partial charge in [0.1, 0.15) is 5.70 Å². The fourth-order valence-electron chi connectivity index (χ4n) is 4.39. The number of aromatic nitrogens is 1. The first-order chi connectivity index (χ1) is 14.9. The van der Waals surface area contributed by atoms with Gasteiger partial charge in [0.2, 0.25) is 5.91 Å². The summed E-state index contributed by atoms with van der Waals surface area (Å²) in [6, 6.07) is 12.0. The summed E-state index contributed by atoms with van der Waals surface area (Å²) in [5.74, 6) is -0.0895. The monoisotopic (exact) mass is 422 g/mol. The molecule has 1 fully saturated rings. The summed E-state index contributed by atoms with van der Waals surface area (Å²) in [6.45, 7) is 11.7. The summed E-state index contributed by atoms with van der Waals surface area (Å²) in [5, 5.41) is 1.49. The van der Waals surface area contributed by atoms with Crippen LogP contribution < -0.4 is 15.3 Å². The highest BCUT2D eigenvalue weighted by molar-refractivity contribution is 6.01. The topological polar surface area (TPSA) is 62.0 Å². The molecule has 0 radical (unpaired) electrons. The highest BCUT2D eigenvalue weighted by atomic mass is 16.2. The lowest BCUT2D eigenvalue weighted by Crippen LogP contribution is -3.15. The van der Waals surface area contributed by atoms with Crippen LogP contribution in [0.5, 0.6) is 0 Å². The van der Waals surface area contributed by atoms with E-state index >= 15 is 0 Å². The van der Waals surface area contributed by atoms with E-state index < -0.39 is 0 Å². The van der Waals surface area contributed by atoms with Crippen LogP contribution in [0.4, 0.5) is 5.69 Å². The third kappa shape index (κ3) is 4.66. The molecule has 7 heteroatoms. The zero-order chi connectivity index (χ0) is 22.0. The molecule has 164 valence electrons. The van der Waals surface area contributed by atoms with Crippen molar-refractivity contribution in [3.63, 3.8) is 0 Å². The van der Waals surface area contributed by atoms with Crippen LogP contribution in [-0.4, -0.2) is 54.0 Å². The van der Waals surface area contributed by atoms with E-state index in [1.807, 2.05) is 36.1 Å². The summed E-state index contributed by atoms with van der Waals surface area (Å²) >= 11 is 0. The van der Waals surface area contributed by atoms with Crippen LogP contribution in [0.15, 0.2) is 48.2 Å². The molecule has 4 rings (SSSR count). The van der Waals surface area contributed by atoms with Crippen molar-refractivity contribution >= 4 is 17.5 Å². The molecule has 2 aromatic rings. The quantitative estimate of drug-likeness (QED) is 0.755. The average molecular weight is 423 g/mol. The number of carbonyl (C=O) groups is 2. The van der Waals surface area contributed by atoms with Gasteiger partial charge in [-0.25, -0.2) is 5.01 Å². The van der Waals surface area contributed by atoms with E-state index in [0.717, 1.165) is 50.5 Å². The van der Waals surface area contributed by atoms with E-state index in [4.69, 9.17) is 0 Å². The number of quaternary nitrogens is 1. The zero-order valence-corrected chi connectivity index (χ0v) is 18.6. The molecule has 3 heterocycles. The van der Waals surface area contributed by atoms with Crippen LogP contribution in [0, 0.1) is 20.8 Å². The Morgan fingerprint density at radius 1 is 1.06 bits per heavy atom. The lowest BCUT2D eigenvalue weighted by atomic mass is 10.2. The van der Waals surface area contributed by atoms with Gasteiger partial charge in [-0.15, -0.1) is 0 Å². The number of benzene rings is 1. The number of hydrazine groups is 1. The highest BCUT2D eigenvalue weighted by Crippen LogP contribution is 2.19. The van der Waals surface area contributed by atoms with Gasteiger partial charge < -0.3 is 14.4 Å². The van der Waals surface area contributed by atoms with Crippen molar-refractivity contribution in [2.75, 3.05) is 37.7 Å². The number of carbonyl (C=O) groups excluding carboxylic acids is 2. The van der Waals surface area contributed by atoms with Crippen LogP contribution >= 0.6 is 0 Å². The summed E-state index contributed by atoms with van der Waals surface area (Å²) in [7, 11) is 0. The van der Waals surface area contributed by atoms with Crippen molar-refractivity contribution < 1.29 is 14.5 Å². The molecule has 2 amide bonds. The second-order valence-electron chi connectivity index (χ2n) is 8.56. The van der Waals surface area contributed by atoms with E-state index in [9.17, 15) is 9.59 Å². The number of hydrogen-bond donors (Lipinski definition) is 2. The highest BCUT2D eigenvalue weighted by Gasteiger charge is 2.30. The van der Waals surface area contributed by atoms with Crippen molar-refractivity contribution in [2.45, 2.75) is 33.7 Å². The zero-order valence-electron chi connectivity index (χ0n) is 18.6. The predicted molar refractivity (Wildman–Crippen MR) is 121 cm³/mol. The Morgan fingerprint density at radius 2 is 1.77 bits per heavy atom. The van der Waals surface area contributed by atoms with Gasteiger partial charge >= 0.3 is 0 Å². The van der Waals surface area contributed by atoms with Gasteiger partial charge in [0, 0.05) is 17.8 Å². The van der Waals surface area contributed by atoms with E-state index in [1.165, 1.54) is 21.3 Å². The molecule has 1 aromatic heterocycles. The van der Waals surface area contributed by atoms with Crippen molar-refractivity contribution in [3.05, 3.63) is 65.1 Å². The van der Waals surface area contributed by atoms with Crippen molar-refractivity contribution in [1.29, 1.82) is 0 Å². The minimum absolute atomic E-state index is 0.0266. The van der Waals surface area contributed by atoms with Crippen molar-refractivity contribution in [3.8, 4) is 0 Å². The molecule has 0 bridgehead atoms. The smallest absolute Gasteiger partial charge is 0.271 e. The van der Waals surface area contributed by atoms with Crippen LogP contribution in [0.25, 0.3) is 0 Å². The van der Waals surface area contributed by atoms with E-state index in [2.05, 4.69) is 36.0 Å². The molecule has 1 aromatic carbocycles. The molecular weight excluding hydrogens is 390 g/mol. The molecular formula is C24H32N5O2+. The van der Waals surface area contributed by atoms with Gasteiger partial charge in [0.25, 0.3) is 5.91 Å². The minimum atomic E-state index is -0.0630. The van der Waals surface area contributed by atoms with Gasteiger partial charge in [-0.05, 0) is 56.7 Å². The Kier molecular flexibility index (Phi) is 6.13. The molecule has 31 heavy (non-hydrogen) atoms. The molecule has 0 unspecified atom stereocenters. The first-order valence-electron chi connectivity index (χ1n) is 11.0. The van der Waals surface area contributed by atoms with Crippen molar-refractivity contribution in [2.24, 2.45) is 0 Å². The number of anilines is 1. The van der Waals surface area contributed by atoms with Crippen LogP contribution in [0.2, 0.25) is 0 Å². The van der Waals surface area contributed by atoms with Gasteiger partial charge in [-0.3, -0.25) is 15.0 Å². The van der Waals surface area contributed by atoms with E-state index in [-0.39, 0.29) is 18.2 Å². The Morgan fingerprint density at radius 3 is 2.45 bits per heavy atom. The number of aryl methyl sites for hydroxylation is 3. The largest absolute Gasteiger partial charge is 0.344 e. The number of nitrogens with one attached hydrogen (secondary N) is 2. The third-order valence-corrected chi connectivity index (χ3v) is 6.32. The Labute approximate surface area is 183 Å². The summed E-state index contributed by atoms with van der Waals surface area (Å²) < 4.78 is 2.36. The SMILES string of the molecule is Cc1cccc(N2NC(C(=O)N3CC[NH+](CCn4c(C)ccc4C)CC3)=CCC2=O)c1. The summed E-state index contributed by atoms with van der Waals surface area (Å²) in [4.78, 5) is 28.9. The van der Waals surface area contributed by atoms with Crippen LogP contribution in [0.3, 0.4) is 0 Å². The normalized spacial score (nSPS) is 17.5. The Hall–Kier alpha value is -3.06. The first kappa shape index (κ1) is 21.2. The maximum Gasteiger partial charge on any atom is 0.271 e. The number of nitrogens with zero attached hydrogens (tertiary/aromatic N) is 3. The maximum absolute atomic E-state index is 13.1. The molecule has 0 saturated carbocycles. The third-order valence-electron chi connectivity index (χ3n) is 6.32. The molecule has 7 nitrogen and oxygen atoms in total. The lowest BCUT2D eigenvalue weighted by Gasteiger charge is -2.35. The first-order valence-corrected chi connectivity index (χ1v) is 11.0. The molecule has 1 saturated heterocycles. The Balaban J connectivity index is 1.32. The summed E-state index contributed by atoms with van der Waals surface area (Å²) in [5.41, 5.74) is 7.97. The fourth-order valence-corrected chi connectivity index (χ4v) is 4.39. The van der Waals surface area contributed by atoms with Crippen molar-refractivity contribution in [1.82, 2.24) is 14.9 Å². The lowest BCUT2D eigenvalue weighted by molar-refractivity contribution is -0.904. The minimum Gasteiger partial charge on any atom is -0.344 e. The van der Waals surface area contributed by atoms with Gasteiger partial charge in [-0.1, -0.05) is 12.1 Å². The standard InChI is InChI=1S/C24H31N5O2/c1-18-5-4-6-21(17-18)29-23(30)10-9-22(25-29)24(31)27-14-11-26(12-15-27)13-16-28-19(2)7-8-20(28)3/h4-9,17,25H,10-16H2,1-3H3/p+1. The second kappa shape index (κ2) is 8.98. The van der Waals surface area contributed by atoms with Gasteiger partial charge in [0.05, 0.1) is 45.0 Å². The van der Waals surface area contributed by atoms with Crippen LogP contribution in [0.1, 0.15) is 23.4 Å². The maximum atomic E-state index is 13.1. The second-order valence-corrected chi connectivity index (χ2v) is 8.56. The molecule has 2 N–H and O–H groups in total.